The molecule has 0 spiro atoms. The van der Waals surface area contributed by atoms with Crippen molar-refractivity contribution in [3.8, 4) is 0 Å². The van der Waals surface area contributed by atoms with Gasteiger partial charge in [-0.25, -0.2) is 0 Å². The van der Waals surface area contributed by atoms with Crippen LogP contribution in [0.3, 0.4) is 0 Å². The first kappa shape index (κ1) is 14.4. The van der Waals surface area contributed by atoms with Crippen LogP contribution in [-0.4, -0.2) is 0 Å². The van der Waals surface area contributed by atoms with Gasteiger partial charge in [0, 0.05) is 14.0 Å². The van der Waals surface area contributed by atoms with E-state index in [1.54, 1.807) is 0 Å². The van der Waals surface area contributed by atoms with Gasteiger partial charge in [0.25, 0.3) is 0 Å². The molecule has 0 fully saturated rings. The highest BCUT2D eigenvalue weighted by molar-refractivity contribution is 9.10. The summed E-state index contributed by atoms with van der Waals surface area (Å²) in [6.07, 6.45) is 2.23. The molecule has 0 radical (unpaired) electrons. The molecule has 2 aromatic carbocycles. The second-order valence-electron chi connectivity index (χ2n) is 5.16. The van der Waals surface area contributed by atoms with Gasteiger partial charge in [-0.15, -0.1) is 0 Å². The molecule has 1 atom stereocenters. The maximum atomic E-state index is 6.23. The zero-order valence-electron chi connectivity index (χ0n) is 11.0. The fraction of sp³-hybridized carbons (Fsp3) is 0.250. The number of aryl methyl sites for hydroxylation is 2. The second-order valence-corrected chi connectivity index (χ2v) is 7.34. The average Bonchev–Trinajstić information content (AvgIpc) is 2.78. The first-order valence-electron chi connectivity index (χ1n) is 6.55. The molecule has 3 rings (SSSR count). The number of halogens is 3. The van der Waals surface area contributed by atoms with Gasteiger partial charge in [-0.2, -0.15) is 0 Å². The molecule has 1 aliphatic carbocycles. The third kappa shape index (κ3) is 2.76. The molecule has 1 N–H and O–H groups in total. The molecular weight excluding hydrogens is 401 g/mol. The zero-order chi connectivity index (χ0) is 14.3. The molecule has 1 unspecified atom stereocenters. The van der Waals surface area contributed by atoms with Gasteiger partial charge in [0.15, 0.2) is 0 Å². The number of hydrogen-bond donors (Lipinski definition) is 1. The standard InChI is InChI=1S/C16H14Br2ClN/c1-9-6-13(18)16(8-14(9)19)20-15-5-2-10-7-11(17)3-4-12(10)15/h3-4,6-8,15,20H,2,5H2,1H3. The lowest BCUT2D eigenvalue weighted by molar-refractivity contribution is 0.761. The van der Waals surface area contributed by atoms with Gasteiger partial charge < -0.3 is 5.32 Å². The van der Waals surface area contributed by atoms with Crippen molar-refractivity contribution in [2.45, 2.75) is 25.8 Å². The number of hydrogen-bond acceptors (Lipinski definition) is 1. The van der Waals surface area contributed by atoms with Gasteiger partial charge in [0.2, 0.25) is 0 Å². The van der Waals surface area contributed by atoms with Gasteiger partial charge in [0.05, 0.1) is 11.7 Å². The average molecular weight is 416 g/mol. The SMILES string of the molecule is Cc1cc(Br)c(NC2CCc3cc(Br)ccc32)cc1Cl. The highest BCUT2D eigenvalue weighted by atomic mass is 79.9. The Morgan fingerprint density at radius 3 is 2.80 bits per heavy atom. The van der Waals surface area contributed by atoms with Crippen LogP contribution in [0.2, 0.25) is 5.02 Å². The van der Waals surface area contributed by atoms with Crippen molar-refractivity contribution < 1.29 is 0 Å². The molecule has 0 aromatic heterocycles. The predicted molar refractivity (Wildman–Crippen MR) is 92.7 cm³/mol. The Balaban J connectivity index is 1.89. The summed E-state index contributed by atoms with van der Waals surface area (Å²) >= 11 is 13.4. The summed E-state index contributed by atoms with van der Waals surface area (Å²) in [6.45, 7) is 2.01. The predicted octanol–water partition coefficient (Wildman–Crippen LogP) is 6.27. The highest BCUT2D eigenvalue weighted by Gasteiger charge is 2.23. The lowest BCUT2D eigenvalue weighted by Crippen LogP contribution is -2.07. The zero-order valence-corrected chi connectivity index (χ0v) is 14.9. The van der Waals surface area contributed by atoms with Gasteiger partial charge in [-0.1, -0.05) is 33.6 Å². The summed E-state index contributed by atoms with van der Waals surface area (Å²) in [5.74, 6) is 0. The van der Waals surface area contributed by atoms with Crippen LogP contribution in [0.5, 0.6) is 0 Å². The van der Waals surface area contributed by atoms with Crippen LogP contribution in [0.4, 0.5) is 5.69 Å². The fourth-order valence-corrected chi connectivity index (χ4v) is 3.83. The van der Waals surface area contributed by atoms with E-state index >= 15 is 0 Å². The molecule has 0 saturated heterocycles. The Morgan fingerprint density at radius 1 is 1.20 bits per heavy atom. The number of nitrogens with one attached hydrogen (secondary N) is 1. The summed E-state index contributed by atoms with van der Waals surface area (Å²) in [5, 5.41) is 4.40. The molecule has 20 heavy (non-hydrogen) atoms. The molecule has 104 valence electrons. The van der Waals surface area contributed by atoms with E-state index in [1.165, 1.54) is 11.1 Å². The summed E-state index contributed by atoms with van der Waals surface area (Å²) in [4.78, 5) is 0. The molecule has 0 heterocycles. The first-order valence-corrected chi connectivity index (χ1v) is 8.51. The van der Waals surface area contributed by atoms with Crippen molar-refractivity contribution in [1.82, 2.24) is 0 Å². The van der Waals surface area contributed by atoms with Gasteiger partial charge in [-0.05, 0) is 76.7 Å². The highest BCUT2D eigenvalue weighted by Crippen LogP contribution is 2.38. The Morgan fingerprint density at radius 2 is 2.00 bits per heavy atom. The summed E-state index contributed by atoms with van der Waals surface area (Å²) in [7, 11) is 0. The van der Waals surface area contributed by atoms with Crippen molar-refractivity contribution >= 4 is 49.1 Å². The number of rotatable bonds is 2. The van der Waals surface area contributed by atoms with Crippen molar-refractivity contribution in [3.05, 3.63) is 61.0 Å². The molecule has 0 bridgehead atoms. The summed E-state index contributed by atoms with van der Waals surface area (Å²) < 4.78 is 2.21. The number of benzene rings is 2. The van der Waals surface area contributed by atoms with Crippen LogP contribution in [0.25, 0.3) is 0 Å². The summed E-state index contributed by atoms with van der Waals surface area (Å²) in [5.41, 5.74) is 4.95. The van der Waals surface area contributed by atoms with E-state index < -0.39 is 0 Å². The molecule has 0 saturated carbocycles. The maximum absolute atomic E-state index is 6.23. The maximum Gasteiger partial charge on any atom is 0.0520 e. The Hall–Kier alpha value is -0.510. The van der Waals surface area contributed by atoms with Crippen molar-refractivity contribution in [3.63, 3.8) is 0 Å². The molecule has 1 aliphatic rings. The first-order chi connectivity index (χ1) is 9.54. The van der Waals surface area contributed by atoms with Gasteiger partial charge >= 0.3 is 0 Å². The molecular formula is C16H14Br2ClN. The number of fused-ring (bicyclic) bond motifs is 1. The molecule has 4 heteroatoms. The van der Waals surface area contributed by atoms with E-state index in [1.807, 2.05) is 13.0 Å². The molecule has 1 nitrogen and oxygen atoms in total. The van der Waals surface area contributed by atoms with E-state index in [0.717, 1.165) is 38.1 Å². The summed E-state index contributed by atoms with van der Waals surface area (Å²) in [6, 6.07) is 10.9. The van der Waals surface area contributed by atoms with Gasteiger partial charge in [0.1, 0.15) is 0 Å². The second kappa shape index (κ2) is 5.70. The van der Waals surface area contributed by atoms with Crippen LogP contribution in [0.1, 0.15) is 29.2 Å². The minimum absolute atomic E-state index is 0.355. The van der Waals surface area contributed by atoms with E-state index in [9.17, 15) is 0 Å². The van der Waals surface area contributed by atoms with E-state index in [0.29, 0.717) is 6.04 Å². The lowest BCUT2D eigenvalue weighted by atomic mass is 10.1. The third-order valence-corrected chi connectivity index (χ3v) is 5.32. The van der Waals surface area contributed by atoms with Crippen molar-refractivity contribution in [2.24, 2.45) is 0 Å². The van der Waals surface area contributed by atoms with Crippen LogP contribution >= 0.6 is 43.5 Å². The normalized spacial score (nSPS) is 17.1. The van der Waals surface area contributed by atoms with Crippen molar-refractivity contribution in [1.29, 1.82) is 0 Å². The fourth-order valence-electron chi connectivity index (χ4n) is 2.68. The smallest absolute Gasteiger partial charge is 0.0520 e. The Labute approximate surface area is 141 Å². The minimum Gasteiger partial charge on any atom is -0.377 e. The molecule has 0 aliphatic heterocycles. The monoisotopic (exact) mass is 413 g/mol. The van der Waals surface area contributed by atoms with E-state index in [2.05, 4.69) is 61.4 Å². The Kier molecular flexibility index (Phi) is 4.11. The quantitative estimate of drug-likeness (QED) is 0.609. The minimum atomic E-state index is 0.355. The molecule has 2 aromatic rings. The van der Waals surface area contributed by atoms with Crippen LogP contribution in [0, 0.1) is 6.92 Å². The molecule has 0 amide bonds. The lowest BCUT2D eigenvalue weighted by Gasteiger charge is -2.18. The van der Waals surface area contributed by atoms with E-state index in [-0.39, 0.29) is 0 Å². The van der Waals surface area contributed by atoms with E-state index in [4.69, 9.17) is 11.6 Å². The van der Waals surface area contributed by atoms with Crippen LogP contribution in [0.15, 0.2) is 39.3 Å². The van der Waals surface area contributed by atoms with Gasteiger partial charge in [-0.3, -0.25) is 0 Å². The van der Waals surface area contributed by atoms with Crippen LogP contribution < -0.4 is 5.32 Å². The number of anilines is 1. The van der Waals surface area contributed by atoms with Crippen LogP contribution in [-0.2, 0) is 6.42 Å². The Bertz CT molecular complexity index is 670. The van der Waals surface area contributed by atoms with Crippen molar-refractivity contribution in [2.75, 3.05) is 5.32 Å². The largest absolute Gasteiger partial charge is 0.377 e. The third-order valence-electron chi connectivity index (χ3n) is 3.76. The topological polar surface area (TPSA) is 12.0 Å².